The molecule has 2 aromatic rings. The molecule has 27 heavy (non-hydrogen) atoms. The average molecular weight is 430 g/mol. The maximum absolute atomic E-state index is 13.9. The molecule has 7 heteroatoms. The van der Waals surface area contributed by atoms with E-state index in [9.17, 15) is 9.67 Å². The van der Waals surface area contributed by atoms with E-state index in [1.807, 2.05) is 31.1 Å². The Hall–Kier alpha value is -1.03. The lowest BCUT2D eigenvalue weighted by atomic mass is 10.2. The van der Waals surface area contributed by atoms with E-state index in [0.29, 0.717) is 11.2 Å². The fraction of sp³-hybridized carbons (Fsp3) is 0.400. The summed E-state index contributed by atoms with van der Waals surface area (Å²) in [6.07, 6.45) is 0.725. The Morgan fingerprint density at radius 2 is 1.63 bits per heavy atom. The summed E-state index contributed by atoms with van der Waals surface area (Å²) in [5.41, 5.74) is 1.18. The number of aliphatic hydroxyl groups is 1. The maximum Gasteiger partial charge on any atom is 0.264 e. The topological polar surface area (TPSA) is 49.8 Å². The Morgan fingerprint density at radius 3 is 2.11 bits per heavy atom. The number of halogens is 2. The van der Waals surface area contributed by atoms with Gasteiger partial charge in [0.25, 0.3) is 7.37 Å². The highest BCUT2D eigenvalue weighted by atomic mass is 35.5. The van der Waals surface area contributed by atoms with E-state index in [0.717, 1.165) is 12.1 Å². The van der Waals surface area contributed by atoms with Crippen LogP contribution in [0.1, 0.15) is 31.7 Å². The van der Waals surface area contributed by atoms with Crippen LogP contribution in [0.15, 0.2) is 42.5 Å². The third-order valence-corrected chi connectivity index (χ3v) is 7.43. The van der Waals surface area contributed by atoms with Gasteiger partial charge in [-0.25, -0.2) is 0 Å². The largest absolute Gasteiger partial charge is 0.378 e. The molecule has 0 aliphatic carbocycles. The quantitative estimate of drug-likeness (QED) is 0.545. The van der Waals surface area contributed by atoms with Crippen molar-refractivity contribution in [2.45, 2.75) is 26.1 Å². The molecule has 0 fully saturated rings. The average Bonchev–Trinajstić information content (AvgIpc) is 2.61. The summed E-state index contributed by atoms with van der Waals surface area (Å²) in [6, 6.07) is 12.0. The minimum Gasteiger partial charge on any atom is -0.378 e. The Balaban J connectivity index is 2.47. The van der Waals surface area contributed by atoms with Gasteiger partial charge in [-0.15, -0.1) is 0 Å². The number of hydrogen-bond donors (Lipinski definition) is 1. The zero-order valence-electron chi connectivity index (χ0n) is 16.0. The van der Waals surface area contributed by atoms with Crippen LogP contribution in [0.3, 0.4) is 0 Å². The molecule has 0 bridgehead atoms. The second-order valence-corrected chi connectivity index (χ2v) is 10.3. The van der Waals surface area contributed by atoms with Crippen molar-refractivity contribution in [1.82, 2.24) is 0 Å². The summed E-state index contributed by atoms with van der Waals surface area (Å²) in [7, 11) is 0.169. The van der Waals surface area contributed by atoms with Gasteiger partial charge >= 0.3 is 0 Å². The SMILES string of the molecule is CC(C)CCO[P@](=O)(c1ccc(N(C)C)cc1)[C@@H](O)c1c(Cl)cccc1Cl. The number of nitrogens with zero attached hydrogens (tertiary/aromatic N) is 1. The molecule has 1 N–H and O–H groups in total. The van der Waals surface area contributed by atoms with E-state index in [2.05, 4.69) is 13.8 Å². The number of aliphatic hydroxyl groups excluding tert-OH is 1. The highest BCUT2D eigenvalue weighted by Crippen LogP contribution is 2.59. The molecule has 4 nitrogen and oxygen atoms in total. The van der Waals surface area contributed by atoms with Crippen LogP contribution in [0.25, 0.3) is 0 Å². The molecule has 2 rings (SSSR count). The van der Waals surface area contributed by atoms with Gasteiger partial charge in [0.2, 0.25) is 0 Å². The van der Waals surface area contributed by atoms with E-state index in [-0.39, 0.29) is 22.2 Å². The molecular weight excluding hydrogens is 404 g/mol. The molecule has 0 spiro atoms. The first-order chi connectivity index (χ1) is 12.7. The van der Waals surface area contributed by atoms with Crippen molar-refractivity contribution in [3.8, 4) is 0 Å². The molecular formula is C20H26Cl2NO3P. The Bertz CT molecular complexity index is 789. The van der Waals surface area contributed by atoms with E-state index in [4.69, 9.17) is 27.7 Å². The summed E-state index contributed by atoms with van der Waals surface area (Å²) in [6.45, 7) is 4.38. The number of hydrogen-bond acceptors (Lipinski definition) is 4. The van der Waals surface area contributed by atoms with Crippen LogP contribution in [0, 0.1) is 5.92 Å². The minimum absolute atomic E-state index is 0.227. The van der Waals surface area contributed by atoms with Crippen LogP contribution in [0.2, 0.25) is 10.0 Å². The molecule has 2 aromatic carbocycles. The zero-order chi connectivity index (χ0) is 20.2. The van der Waals surface area contributed by atoms with Crippen molar-refractivity contribution in [2.75, 3.05) is 25.6 Å². The van der Waals surface area contributed by atoms with Crippen LogP contribution in [-0.4, -0.2) is 25.8 Å². The summed E-state index contributed by atoms with van der Waals surface area (Å²) in [4.78, 5) is 1.94. The number of anilines is 1. The normalized spacial score (nSPS) is 14.8. The van der Waals surface area contributed by atoms with Crippen molar-refractivity contribution < 1.29 is 14.2 Å². The molecule has 0 unspecified atom stereocenters. The first-order valence-corrected chi connectivity index (χ1v) is 11.3. The fourth-order valence-corrected chi connectivity index (χ4v) is 5.48. The van der Waals surface area contributed by atoms with Gasteiger partial charge < -0.3 is 14.5 Å². The first-order valence-electron chi connectivity index (χ1n) is 8.81. The third kappa shape index (κ3) is 5.28. The third-order valence-electron chi connectivity index (χ3n) is 4.28. The fourth-order valence-electron chi connectivity index (χ4n) is 2.60. The summed E-state index contributed by atoms with van der Waals surface area (Å²) in [5.74, 6) is -1.06. The van der Waals surface area contributed by atoms with Crippen molar-refractivity contribution >= 4 is 41.6 Å². The molecule has 0 radical (unpaired) electrons. The molecule has 0 heterocycles. The van der Waals surface area contributed by atoms with Crippen molar-refractivity contribution in [1.29, 1.82) is 0 Å². The molecule has 0 aromatic heterocycles. The number of rotatable bonds is 8. The second-order valence-electron chi connectivity index (χ2n) is 7.03. The lowest BCUT2D eigenvalue weighted by Gasteiger charge is -2.26. The lowest BCUT2D eigenvalue weighted by molar-refractivity contribution is 0.209. The highest BCUT2D eigenvalue weighted by molar-refractivity contribution is 7.67. The molecule has 0 aliphatic rings. The zero-order valence-corrected chi connectivity index (χ0v) is 18.4. The molecule has 2 atom stereocenters. The van der Waals surface area contributed by atoms with Crippen molar-refractivity contribution in [2.24, 2.45) is 5.92 Å². The molecule has 0 aliphatic heterocycles. The standard InChI is InChI=1S/C20H26Cl2NO3P/c1-14(2)12-13-26-27(25,16-10-8-15(9-11-16)23(3)4)20(24)19-17(21)6-5-7-18(19)22/h5-11,14,20,24H,12-13H2,1-4H3/t20-,27-/m1/s1. The van der Waals surface area contributed by atoms with Crippen LogP contribution < -0.4 is 10.2 Å². The molecule has 148 valence electrons. The predicted octanol–water partition coefficient (Wildman–Crippen LogP) is 5.72. The number of benzene rings is 2. The first kappa shape index (κ1) is 22.3. The van der Waals surface area contributed by atoms with Gasteiger partial charge in [0.05, 0.1) is 6.61 Å². The molecule has 0 amide bonds. The predicted molar refractivity (Wildman–Crippen MR) is 115 cm³/mol. The van der Waals surface area contributed by atoms with E-state index >= 15 is 0 Å². The molecule has 0 saturated carbocycles. The summed E-state index contributed by atoms with van der Waals surface area (Å²) >= 11 is 12.5. The van der Waals surface area contributed by atoms with Gasteiger partial charge in [-0.2, -0.15) is 0 Å². The van der Waals surface area contributed by atoms with Crippen molar-refractivity contribution in [3.05, 3.63) is 58.1 Å². The smallest absolute Gasteiger partial charge is 0.264 e. The second kappa shape index (κ2) is 9.45. The van der Waals surface area contributed by atoms with Gasteiger partial charge in [0.1, 0.15) is 0 Å². The van der Waals surface area contributed by atoms with Gasteiger partial charge in [0.15, 0.2) is 5.85 Å². The van der Waals surface area contributed by atoms with Gasteiger partial charge in [-0.05, 0) is 48.7 Å². The molecule has 0 saturated heterocycles. The Labute approximate surface area is 171 Å². The lowest BCUT2D eigenvalue weighted by Crippen LogP contribution is -2.17. The van der Waals surface area contributed by atoms with E-state index in [1.54, 1.807) is 30.3 Å². The minimum atomic E-state index is -3.68. The Morgan fingerprint density at radius 1 is 1.07 bits per heavy atom. The van der Waals surface area contributed by atoms with Gasteiger partial charge in [-0.3, -0.25) is 4.57 Å². The maximum atomic E-state index is 13.9. The van der Waals surface area contributed by atoms with Gasteiger partial charge in [0, 0.05) is 40.7 Å². The highest BCUT2D eigenvalue weighted by Gasteiger charge is 2.38. The van der Waals surface area contributed by atoms with Crippen molar-refractivity contribution in [3.63, 3.8) is 0 Å². The Kier molecular flexibility index (Phi) is 7.79. The van der Waals surface area contributed by atoms with Crippen LogP contribution >= 0.6 is 30.6 Å². The van der Waals surface area contributed by atoms with E-state index in [1.165, 1.54) is 0 Å². The summed E-state index contributed by atoms with van der Waals surface area (Å²) in [5, 5.41) is 12.0. The van der Waals surface area contributed by atoms with Crippen LogP contribution in [0.4, 0.5) is 5.69 Å². The van der Waals surface area contributed by atoms with Crippen LogP contribution in [-0.2, 0) is 9.09 Å². The van der Waals surface area contributed by atoms with E-state index < -0.39 is 13.2 Å². The summed E-state index contributed by atoms with van der Waals surface area (Å²) < 4.78 is 19.7. The monoisotopic (exact) mass is 429 g/mol. The van der Waals surface area contributed by atoms with Crippen LogP contribution in [0.5, 0.6) is 0 Å². The van der Waals surface area contributed by atoms with Gasteiger partial charge in [-0.1, -0.05) is 43.1 Å².